The first-order chi connectivity index (χ1) is 11.8. The first kappa shape index (κ1) is 15.9. The molecule has 3 atom stereocenters. The Labute approximate surface area is 149 Å². The topological polar surface area (TPSA) is 34.1 Å². The van der Waals surface area contributed by atoms with Gasteiger partial charge < -0.3 is 7.58 Å². The van der Waals surface area contributed by atoms with Gasteiger partial charge in [-0.05, 0) is 37.5 Å². The highest BCUT2D eigenvalue weighted by molar-refractivity contribution is 6.19. The fraction of sp³-hybridized carbons (Fsp3) is 0.316. The second kappa shape index (κ2) is 7.08. The third kappa shape index (κ3) is 3.13. The van der Waals surface area contributed by atoms with Gasteiger partial charge >= 0.3 is 15.9 Å². The van der Waals surface area contributed by atoms with Gasteiger partial charge in [0.1, 0.15) is 6.23 Å². The highest BCUT2D eigenvalue weighted by atomic mass is 27.2. The van der Waals surface area contributed by atoms with Crippen LogP contribution in [0.15, 0.2) is 65.8 Å². The van der Waals surface area contributed by atoms with Gasteiger partial charge in [0.15, 0.2) is 0 Å². The number of nitrogens with zero attached hydrogens (tertiary/aromatic N) is 2. The van der Waals surface area contributed by atoms with Crippen molar-refractivity contribution in [3.63, 3.8) is 0 Å². The maximum atomic E-state index is 6.02. The van der Waals surface area contributed by atoms with Gasteiger partial charge in [-0.3, -0.25) is 0 Å². The Morgan fingerprint density at radius 1 is 1.00 bits per heavy atom. The van der Waals surface area contributed by atoms with Crippen LogP contribution < -0.4 is 5.01 Å². The van der Waals surface area contributed by atoms with Crippen molar-refractivity contribution in [1.29, 1.82) is 0 Å². The summed E-state index contributed by atoms with van der Waals surface area (Å²) in [6.45, 7) is 2.09. The molecule has 1 radical (unpaired) electrons. The Bertz CT molecular complexity index is 708. The van der Waals surface area contributed by atoms with E-state index in [2.05, 4.69) is 49.4 Å². The van der Waals surface area contributed by atoms with E-state index >= 15 is 0 Å². The molecule has 1 fully saturated rings. The average Bonchev–Trinajstić information content (AvgIpc) is 2.99. The monoisotopic (exact) mass is 335 g/mol. The van der Waals surface area contributed by atoms with E-state index in [-0.39, 0.29) is 18.2 Å². The van der Waals surface area contributed by atoms with E-state index in [4.69, 9.17) is 12.7 Å². The van der Waals surface area contributed by atoms with Gasteiger partial charge in [-0.25, -0.2) is 5.01 Å². The highest BCUT2D eigenvalue weighted by Crippen LogP contribution is 2.35. The molecule has 4 nitrogen and oxygen atoms in total. The van der Waals surface area contributed by atoms with Crippen LogP contribution in [0.2, 0.25) is 0 Å². The summed E-state index contributed by atoms with van der Waals surface area (Å²) >= 11 is -0.448. The zero-order valence-electron chi connectivity index (χ0n) is 13.7. The van der Waals surface area contributed by atoms with Gasteiger partial charge in [0.25, 0.3) is 0 Å². The van der Waals surface area contributed by atoms with E-state index in [1.165, 1.54) is 5.56 Å². The Morgan fingerprint density at radius 3 is 2.46 bits per heavy atom. The maximum Gasteiger partial charge on any atom is 0.670 e. The zero-order valence-corrected chi connectivity index (χ0v) is 14.9. The lowest BCUT2D eigenvalue weighted by molar-refractivity contribution is 0.00502. The predicted octanol–water partition coefficient (Wildman–Crippen LogP) is 3.41. The van der Waals surface area contributed by atoms with E-state index in [0.29, 0.717) is 0 Å². The minimum absolute atomic E-state index is 0.0306. The zero-order chi connectivity index (χ0) is 16.4. The minimum Gasteiger partial charge on any atom is -0.480 e. The second-order valence-corrected chi connectivity index (χ2v) is 7.01. The SMILES string of the molecule is CC1=NN(c2ccccc2)C2[O][Al][O]C(CCc3ccccc3)C12. The summed E-state index contributed by atoms with van der Waals surface area (Å²) in [5.74, 6) is 0.204. The highest BCUT2D eigenvalue weighted by Gasteiger charge is 2.45. The van der Waals surface area contributed by atoms with Crippen LogP contribution in [-0.2, 0) is 14.0 Å². The molecular formula is C19H20AlN2O2. The van der Waals surface area contributed by atoms with Gasteiger partial charge in [0.05, 0.1) is 11.6 Å². The molecule has 0 bridgehead atoms. The Morgan fingerprint density at radius 2 is 1.71 bits per heavy atom. The van der Waals surface area contributed by atoms with Gasteiger partial charge in [-0.1, -0.05) is 48.5 Å². The number of anilines is 1. The molecule has 2 aliphatic rings. The lowest BCUT2D eigenvalue weighted by Gasteiger charge is -2.38. The number of hydrogen-bond donors (Lipinski definition) is 0. The molecule has 0 amide bonds. The molecule has 0 N–H and O–H groups in total. The van der Waals surface area contributed by atoms with Crippen molar-refractivity contribution in [1.82, 2.24) is 0 Å². The number of hydrazone groups is 1. The molecule has 4 rings (SSSR count). The summed E-state index contributed by atoms with van der Waals surface area (Å²) in [6.07, 6.45) is 2.16. The van der Waals surface area contributed by atoms with Crippen LogP contribution in [0.4, 0.5) is 5.69 Å². The standard InChI is InChI=1S/C19H20N2O2.Al/c1-14-18(17(22)13-12-15-8-4-2-5-9-15)19(23)21(20-14)16-10-6-3-7-11-16;/h2-11,17-19H,12-13H2,1H3;/q-2;+2. The van der Waals surface area contributed by atoms with Gasteiger partial charge in [0, 0.05) is 11.8 Å². The molecule has 24 heavy (non-hydrogen) atoms. The molecule has 0 aliphatic carbocycles. The van der Waals surface area contributed by atoms with Crippen molar-refractivity contribution in [2.24, 2.45) is 11.0 Å². The molecule has 2 aromatic carbocycles. The van der Waals surface area contributed by atoms with Crippen molar-refractivity contribution in [3.8, 4) is 0 Å². The number of benzene rings is 2. The Hall–Kier alpha value is -1.64. The van der Waals surface area contributed by atoms with Crippen molar-refractivity contribution in [2.45, 2.75) is 32.1 Å². The summed E-state index contributed by atoms with van der Waals surface area (Å²) in [7, 11) is 0. The first-order valence-corrected chi connectivity index (χ1v) is 9.33. The fourth-order valence-corrected chi connectivity index (χ4v) is 4.39. The molecule has 0 aromatic heterocycles. The minimum atomic E-state index is -0.448. The summed E-state index contributed by atoms with van der Waals surface area (Å²) in [6, 6.07) is 20.8. The number of hydrogen-bond acceptors (Lipinski definition) is 4. The van der Waals surface area contributed by atoms with Gasteiger partial charge in [-0.2, -0.15) is 5.10 Å². The van der Waals surface area contributed by atoms with Crippen LogP contribution in [0.1, 0.15) is 18.9 Å². The summed E-state index contributed by atoms with van der Waals surface area (Å²) < 4.78 is 12.0. The number of aryl methyl sites for hydroxylation is 1. The van der Waals surface area contributed by atoms with E-state index in [9.17, 15) is 0 Å². The summed E-state index contributed by atoms with van der Waals surface area (Å²) in [4.78, 5) is 0. The fourth-order valence-electron chi connectivity index (χ4n) is 3.48. The lowest BCUT2D eigenvalue weighted by atomic mass is 9.92. The van der Waals surface area contributed by atoms with Crippen molar-refractivity contribution < 1.29 is 7.58 Å². The van der Waals surface area contributed by atoms with Crippen LogP contribution >= 0.6 is 0 Å². The normalized spacial score (nSPS) is 25.8. The summed E-state index contributed by atoms with van der Waals surface area (Å²) in [5.41, 5.74) is 3.53. The molecule has 0 saturated carbocycles. The van der Waals surface area contributed by atoms with E-state index in [1.54, 1.807) is 0 Å². The van der Waals surface area contributed by atoms with Crippen LogP contribution in [0.25, 0.3) is 0 Å². The quantitative estimate of drug-likeness (QED) is 0.803. The second-order valence-electron chi connectivity index (χ2n) is 6.27. The molecule has 2 aliphatic heterocycles. The van der Waals surface area contributed by atoms with Crippen molar-refractivity contribution >= 4 is 27.3 Å². The maximum absolute atomic E-state index is 6.02. The molecule has 1 saturated heterocycles. The first-order valence-electron chi connectivity index (χ1n) is 8.39. The molecule has 5 heteroatoms. The van der Waals surface area contributed by atoms with Gasteiger partial charge in [-0.15, -0.1) is 0 Å². The Balaban J connectivity index is 1.50. The molecule has 0 spiro atoms. The third-order valence-corrected chi connectivity index (χ3v) is 5.55. The lowest BCUT2D eigenvalue weighted by Crippen LogP contribution is -2.49. The Kier molecular flexibility index (Phi) is 4.68. The average molecular weight is 335 g/mol. The van der Waals surface area contributed by atoms with E-state index < -0.39 is 15.9 Å². The molecule has 121 valence electrons. The van der Waals surface area contributed by atoms with Crippen LogP contribution in [0, 0.1) is 5.92 Å². The molecule has 2 heterocycles. The number of rotatable bonds is 4. The van der Waals surface area contributed by atoms with Crippen molar-refractivity contribution in [3.05, 3.63) is 66.2 Å². The molecular weight excluding hydrogens is 315 g/mol. The van der Waals surface area contributed by atoms with Crippen LogP contribution in [0.5, 0.6) is 0 Å². The van der Waals surface area contributed by atoms with E-state index in [0.717, 1.165) is 24.2 Å². The largest absolute Gasteiger partial charge is 0.670 e. The molecule has 2 aromatic rings. The third-order valence-electron chi connectivity index (χ3n) is 4.70. The van der Waals surface area contributed by atoms with Crippen molar-refractivity contribution in [2.75, 3.05) is 5.01 Å². The number of para-hydroxylation sites is 1. The van der Waals surface area contributed by atoms with Crippen LogP contribution in [-0.4, -0.2) is 33.9 Å². The van der Waals surface area contributed by atoms with Crippen LogP contribution in [0.3, 0.4) is 0 Å². The predicted molar refractivity (Wildman–Crippen MR) is 95.8 cm³/mol. The van der Waals surface area contributed by atoms with E-state index in [1.807, 2.05) is 23.2 Å². The molecule has 3 unspecified atom stereocenters. The van der Waals surface area contributed by atoms with Gasteiger partial charge in [0.2, 0.25) is 0 Å². The summed E-state index contributed by atoms with van der Waals surface area (Å²) in [5, 5.41) is 6.79. The smallest absolute Gasteiger partial charge is 0.480 e. The number of fused-ring (bicyclic) bond motifs is 1.